The van der Waals surface area contributed by atoms with Crippen molar-refractivity contribution in [1.29, 1.82) is 0 Å². The van der Waals surface area contributed by atoms with Crippen molar-refractivity contribution in [2.24, 2.45) is 23.0 Å². The fourth-order valence-corrected chi connectivity index (χ4v) is 2.96. The third-order valence-corrected chi connectivity index (χ3v) is 4.21. The number of carboxylic acid groups (broad SMARTS) is 1. The van der Waals surface area contributed by atoms with Crippen molar-refractivity contribution >= 4 is 11.9 Å². The van der Waals surface area contributed by atoms with Crippen molar-refractivity contribution < 1.29 is 14.7 Å². The van der Waals surface area contributed by atoms with Crippen LogP contribution < -0.4 is 11.1 Å². The molecule has 0 aromatic carbocycles. The highest BCUT2D eigenvalue weighted by atomic mass is 16.4. The lowest BCUT2D eigenvalue weighted by molar-refractivity contribution is -0.142. The van der Waals surface area contributed by atoms with Crippen LogP contribution >= 0.6 is 0 Å². The lowest BCUT2D eigenvalue weighted by atomic mass is 9.66. The van der Waals surface area contributed by atoms with Gasteiger partial charge in [-0.15, -0.1) is 0 Å². The van der Waals surface area contributed by atoms with Gasteiger partial charge in [0.05, 0.1) is 6.42 Å². The van der Waals surface area contributed by atoms with Gasteiger partial charge in [-0.2, -0.15) is 0 Å². The van der Waals surface area contributed by atoms with Gasteiger partial charge in [0, 0.05) is 13.0 Å². The first kappa shape index (κ1) is 17.0. The van der Waals surface area contributed by atoms with Gasteiger partial charge in [0.2, 0.25) is 5.91 Å². The van der Waals surface area contributed by atoms with Crippen molar-refractivity contribution in [3.63, 3.8) is 0 Å². The smallest absolute Gasteiger partial charge is 0.303 e. The molecule has 1 aliphatic carbocycles. The maximum Gasteiger partial charge on any atom is 0.303 e. The molecule has 1 rings (SSSR count). The summed E-state index contributed by atoms with van der Waals surface area (Å²) in [5.74, 6) is -0.0375. The van der Waals surface area contributed by atoms with Crippen molar-refractivity contribution in [2.45, 2.75) is 52.4 Å². The number of amides is 1. The van der Waals surface area contributed by atoms with Crippen molar-refractivity contribution in [3.8, 4) is 0 Å². The number of hydrogen-bond donors (Lipinski definition) is 3. The van der Waals surface area contributed by atoms with E-state index < -0.39 is 5.97 Å². The Hall–Kier alpha value is -1.10. The predicted molar refractivity (Wildman–Crippen MR) is 78.2 cm³/mol. The summed E-state index contributed by atoms with van der Waals surface area (Å²) in [6.07, 6.45) is 4.39. The minimum absolute atomic E-state index is 0.00207. The minimum Gasteiger partial charge on any atom is -0.481 e. The molecule has 4 N–H and O–H groups in total. The standard InChI is InChI=1S/C15H28N2O3/c1-11(2)6-12(9-16)7-13(18)17-10-15(4-3-5-15)8-14(19)20/h11-12H,3-10,16H2,1-2H3,(H,17,18)(H,19,20). The van der Waals surface area contributed by atoms with Crippen LogP contribution in [0.5, 0.6) is 0 Å². The third-order valence-electron chi connectivity index (χ3n) is 4.21. The number of rotatable bonds is 9. The Kier molecular flexibility index (Phi) is 6.46. The van der Waals surface area contributed by atoms with Gasteiger partial charge in [-0.05, 0) is 43.1 Å². The van der Waals surface area contributed by atoms with E-state index in [0.29, 0.717) is 25.4 Å². The molecule has 0 radical (unpaired) electrons. The van der Waals surface area contributed by atoms with Crippen molar-refractivity contribution in [3.05, 3.63) is 0 Å². The number of carbonyl (C=O) groups is 2. The molecule has 1 unspecified atom stereocenters. The monoisotopic (exact) mass is 284 g/mol. The molecule has 0 bridgehead atoms. The van der Waals surface area contributed by atoms with Crippen LogP contribution in [-0.2, 0) is 9.59 Å². The zero-order valence-corrected chi connectivity index (χ0v) is 12.7. The largest absolute Gasteiger partial charge is 0.481 e. The van der Waals surface area contributed by atoms with Crippen LogP contribution in [0.4, 0.5) is 0 Å². The van der Waals surface area contributed by atoms with E-state index in [-0.39, 0.29) is 23.7 Å². The molecule has 0 heterocycles. The number of hydrogen-bond acceptors (Lipinski definition) is 3. The summed E-state index contributed by atoms with van der Waals surface area (Å²) in [5.41, 5.74) is 5.49. The highest BCUT2D eigenvalue weighted by Gasteiger charge is 2.39. The van der Waals surface area contributed by atoms with E-state index in [1.165, 1.54) is 0 Å². The zero-order chi connectivity index (χ0) is 15.2. The van der Waals surface area contributed by atoms with E-state index >= 15 is 0 Å². The molecule has 0 aromatic rings. The lowest BCUT2D eigenvalue weighted by Gasteiger charge is -2.41. The fraction of sp³-hybridized carbons (Fsp3) is 0.867. The summed E-state index contributed by atoms with van der Waals surface area (Å²) in [6, 6.07) is 0. The molecule has 116 valence electrons. The number of carboxylic acids is 1. The number of nitrogens with two attached hydrogens (primary N) is 1. The molecule has 0 aromatic heterocycles. The molecular weight excluding hydrogens is 256 g/mol. The van der Waals surface area contributed by atoms with Gasteiger partial charge in [-0.3, -0.25) is 9.59 Å². The Labute approximate surface area is 121 Å². The lowest BCUT2D eigenvalue weighted by Crippen LogP contribution is -2.44. The first-order valence-corrected chi connectivity index (χ1v) is 7.55. The zero-order valence-electron chi connectivity index (χ0n) is 12.7. The van der Waals surface area contributed by atoms with E-state index in [0.717, 1.165) is 25.7 Å². The van der Waals surface area contributed by atoms with Crippen LogP contribution in [0.1, 0.15) is 52.4 Å². The Balaban J connectivity index is 2.36. The second kappa shape index (κ2) is 7.62. The number of nitrogens with one attached hydrogen (secondary N) is 1. The van der Waals surface area contributed by atoms with E-state index in [9.17, 15) is 9.59 Å². The number of carbonyl (C=O) groups excluding carboxylic acids is 1. The Morgan fingerprint density at radius 2 is 2.00 bits per heavy atom. The maximum atomic E-state index is 12.0. The highest BCUT2D eigenvalue weighted by Crippen LogP contribution is 2.43. The quantitative estimate of drug-likeness (QED) is 0.601. The molecule has 1 aliphatic rings. The predicted octanol–water partition coefficient (Wildman–Crippen LogP) is 1.76. The maximum absolute atomic E-state index is 12.0. The molecule has 0 aliphatic heterocycles. The normalized spacial score (nSPS) is 18.4. The summed E-state index contributed by atoms with van der Waals surface area (Å²) >= 11 is 0. The van der Waals surface area contributed by atoms with Crippen molar-refractivity contribution in [2.75, 3.05) is 13.1 Å². The van der Waals surface area contributed by atoms with Crippen LogP contribution in [0, 0.1) is 17.3 Å². The molecule has 1 atom stereocenters. The van der Waals surface area contributed by atoms with Gasteiger partial charge in [-0.1, -0.05) is 20.3 Å². The van der Waals surface area contributed by atoms with Crippen LogP contribution in [0.2, 0.25) is 0 Å². The van der Waals surface area contributed by atoms with E-state index in [2.05, 4.69) is 19.2 Å². The first-order valence-electron chi connectivity index (χ1n) is 7.55. The SMILES string of the molecule is CC(C)CC(CN)CC(=O)NCC1(CC(=O)O)CCC1. The van der Waals surface area contributed by atoms with Gasteiger partial charge in [0.15, 0.2) is 0 Å². The molecule has 1 amide bonds. The van der Waals surface area contributed by atoms with Gasteiger partial charge in [0.25, 0.3) is 0 Å². The van der Waals surface area contributed by atoms with Crippen LogP contribution in [0.15, 0.2) is 0 Å². The minimum atomic E-state index is -0.779. The second-order valence-electron chi connectivity index (χ2n) is 6.64. The Morgan fingerprint density at radius 3 is 2.40 bits per heavy atom. The molecule has 0 spiro atoms. The fourth-order valence-electron chi connectivity index (χ4n) is 2.96. The van der Waals surface area contributed by atoms with Gasteiger partial charge in [-0.25, -0.2) is 0 Å². The molecule has 1 fully saturated rings. The topological polar surface area (TPSA) is 92.4 Å². The summed E-state index contributed by atoms with van der Waals surface area (Å²) in [7, 11) is 0. The van der Waals surface area contributed by atoms with E-state index in [4.69, 9.17) is 10.8 Å². The Morgan fingerprint density at radius 1 is 1.35 bits per heavy atom. The van der Waals surface area contributed by atoms with E-state index in [1.54, 1.807) is 0 Å². The molecule has 0 saturated heterocycles. The van der Waals surface area contributed by atoms with Crippen LogP contribution in [0.25, 0.3) is 0 Å². The second-order valence-corrected chi connectivity index (χ2v) is 6.64. The van der Waals surface area contributed by atoms with Crippen LogP contribution in [0.3, 0.4) is 0 Å². The van der Waals surface area contributed by atoms with E-state index in [1.807, 2.05) is 0 Å². The summed E-state index contributed by atoms with van der Waals surface area (Å²) < 4.78 is 0. The average molecular weight is 284 g/mol. The van der Waals surface area contributed by atoms with Gasteiger partial charge < -0.3 is 16.2 Å². The third kappa shape index (κ3) is 5.49. The summed E-state index contributed by atoms with van der Waals surface area (Å²) in [4.78, 5) is 22.8. The van der Waals surface area contributed by atoms with Crippen LogP contribution in [-0.4, -0.2) is 30.1 Å². The first-order chi connectivity index (χ1) is 9.37. The summed E-state index contributed by atoms with van der Waals surface area (Å²) in [6.45, 7) is 5.25. The summed E-state index contributed by atoms with van der Waals surface area (Å²) in [5, 5.41) is 11.8. The number of aliphatic carboxylic acids is 1. The molecule has 5 nitrogen and oxygen atoms in total. The Bertz CT molecular complexity index is 338. The molecular formula is C15H28N2O3. The highest BCUT2D eigenvalue weighted by molar-refractivity contribution is 5.76. The van der Waals surface area contributed by atoms with Gasteiger partial charge >= 0.3 is 5.97 Å². The average Bonchev–Trinajstić information content (AvgIpc) is 2.30. The molecule has 1 saturated carbocycles. The van der Waals surface area contributed by atoms with Gasteiger partial charge in [0.1, 0.15) is 0 Å². The molecule has 5 heteroatoms. The van der Waals surface area contributed by atoms with Crippen molar-refractivity contribution in [1.82, 2.24) is 5.32 Å². The molecule has 20 heavy (non-hydrogen) atoms.